The standard InChI is InChI=1S/C15H22FN3O2/c1-17-15(18-10-6-5-9-14(20)21-2)19-11-12-7-3-4-8-13(12)16/h3-4,7-8H,5-6,9-11H2,1-2H3,(H2,17,18,19). The third kappa shape index (κ3) is 6.74. The summed E-state index contributed by atoms with van der Waals surface area (Å²) >= 11 is 0. The van der Waals surface area contributed by atoms with E-state index >= 15 is 0 Å². The minimum atomic E-state index is -0.237. The van der Waals surface area contributed by atoms with E-state index in [1.165, 1.54) is 13.2 Å². The Morgan fingerprint density at radius 3 is 2.71 bits per heavy atom. The van der Waals surface area contributed by atoms with Crippen LogP contribution in [0.5, 0.6) is 0 Å². The molecule has 0 fully saturated rings. The predicted octanol–water partition coefficient (Wildman–Crippen LogP) is 1.83. The molecule has 2 N–H and O–H groups in total. The summed E-state index contributed by atoms with van der Waals surface area (Å²) in [7, 11) is 3.04. The molecule has 1 rings (SSSR count). The number of guanidine groups is 1. The number of carbonyl (C=O) groups is 1. The van der Waals surface area contributed by atoms with Gasteiger partial charge in [-0.1, -0.05) is 18.2 Å². The van der Waals surface area contributed by atoms with Gasteiger partial charge < -0.3 is 15.4 Å². The van der Waals surface area contributed by atoms with Gasteiger partial charge in [0.15, 0.2) is 5.96 Å². The molecule has 0 aromatic heterocycles. The number of esters is 1. The van der Waals surface area contributed by atoms with Crippen molar-refractivity contribution >= 4 is 11.9 Å². The van der Waals surface area contributed by atoms with E-state index in [2.05, 4.69) is 20.4 Å². The Hall–Kier alpha value is -2.11. The minimum absolute atomic E-state index is 0.197. The molecule has 1 aromatic rings. The molecule has 0 bridgehead atoms. The molecule has 0 aliphatic rings. The summed E-state index contributed by atoms with van der Waals surface area (Å²) in [4.78, 5) is 15.0. The van der Waals surface area contributed by atoms with Gasteiger partial charge in [-0.2, -0.15) is 0 Å². The van der Waals surface area contributed by atoms with Crippen molar-refractivity contribution in [3.05, 3.63) is 35.6 Å². The van der Waals surface area contributed by atoms with Crippen molar-refractivity contribution in [1.29, 1.82) is 0 Å². The zero-order valence-electron chi connectivity index (χ0n) is 12.5. The molecule has 1 aromatic carbocycles. The highest BCUT2D eigenvalue weighted by Crippen LogP contribution is 2.05. The van der Waals surface area contributed by atoms with E-state index in [4.69, 9.17) is 0 Å². The molecule has 0 aliphatic heterocycles. The van der Waals surface area contributed by atoms with Gasteiger partial charge in [0.2, 0.25) is 0 Å². The smallest absolute Gasteiger partial charge is 0.305 e. The summed E-state index contributed by atoms with van der Waals surface area (Å²) in [5.74, 6) is 0.173. The number of hydrogen-bond donors (Lipinski definition) is 2. The van der Waals surface area contributed by atoms with Gasteiger partial charge in [0.1, 0.15) is 5.82 Å². The van der Waals surface area contributed by atoms with Crippen molar-refractivity contribution in [3.63, 3.8) is 0 Å². The Labute approximate surface area is 124 Å². The van der Waals surface area contributed by atoms with Crippen molar-refractivity contribution in [2.75, 3.05) is 20.7 Å². The summed E-state index contributed by atoms with van der Waals surface area (Å²) in [6.07, 6.45) is 2.00. The predicted molar refractivity (Wildman–Crippen MR) is 80.5 cm³/mol. The minimum Gasteiger partial charge on any atom is -0.469 e. The summed E-state index contributed by atoms with van der Waals surface area (Å²) < 4.78 is 18.0. The fourth-order valence-electron chi connectivity index (χ4n) is 1.74. The molecule has 0 amide bonds. The Bertz CT molecular complexity index is 478. The highest BCUT2D eigenvalue weighted by Gasteiger charge is 2.03. The lowest BCUT2D eigenvalue weighted by Gasteiger charge is -2.12. The number of benzene rings is 1. The molecule has 0 saturated heterocycles. The number of nitrogens with zero attached hydrogens (tertiary/aromatic N) is 1. The van der Waals surface area contributed by atoms with Crippen molar-refractivity contribution in [3.8, 4) is 0 Å². The van der Waals surface area contributed by atoms with E-state index in [-0.39, 0.29) is 11.8 Å². The molecule has 5 nitrogen and oxygen atoms in total. The van der Waals surface area contributed by atoms with Gasteiger partial charge in [-0.25, -0.2) is 4.39 Å². The van der Waals surface area contributed by atoms with Crippen LogP contribution in [0.3, 0.4) is 0 Å². The highest BCUT2D eigenvalue weighted by molar-refractivity contribution is 5.79. The lowest BCUT2D eigenvalue weighted by atomic mass is 10.2. The van der Waals surface area contributed by atoms with Gasteiger partial charge in [0.25, 0.3) is 0 Å². The van der Waals surface area contributed by atoms with Crippen molar-refractivity contribution in [2.45, 2.75) is 25.8 Å². The van der Waals surface area contributed by atoms with Crippen LogP contribution in [-0.2, 0) is 16.1 Å². The quantitative estimate of drug-likeness (QED) is 0.349. The number of unbranched alkanes of at least 4 members (excludes halogenated alkanes) is 1. The topological polar surface area (TPSA) is 62.7 Å². The maximum Gasteiger partial charge on any atom is 0.305 e. The number of aliphatic imine (C=N–C) groups is 1. The van der Waals surface area contributed by atoms with Gasteiger partial charge in [0.05, 0.1) is 7.11 Å². The molecule has 6 heteroatoms. The number of hydrogen-bond acceptors (Lipinski definition) is 3. The van der Waals surface area contributed by atoms with Crippen molar-refractivity contribution < 1.29 is 13.9 Å². The molecule has 116 valence electrons. The van der Waals surface area contributed by atoms with Gasteiger partial charge in [-0.15, -0.1) is 0 Å². The molecule has 0 spiro atoms. The monoisotopic (exact) mass is 295 g/mol. The third-order valence-electron chi connectivity index (χ3n) is 2.96. The van der Waals surface area contributed by atoms with Gasteiger partial charge in [-0.05, 0) is 18.9 Å². The maximum absolute atomic E-state index is 13.5. The summed E-state index contributed by atoms with van der Waals surface area (Å²) in [5, 5.41) is 6.16. The molecule has 0 radical (unpaired) electrons. The normalized spacial score (nSPS) is 11.1. The second-order valence-electron chi connectivity index (χ2n) is 4.48. The van der Waals surface area contributed by atoms with Gasteiger partial charge >= 0.3 is 5.97 Å². The Morgan fingerprint density at radius 2 is 2.05 bits per heavy atom. The summed E-state index contributed by atoms with van der Waals surface area (Å²) in [5.41, 5.74) is 0.589. The fraction of sp³-hybridized carbons (Fsp3) is 0.467. The summed E-state index contributed by atoms with van der Waals surface area (Å²) in [6, 6.07) is 6.61. The zero-order valence-corrected chi connectivity index (χ0v) is 12.5. The van der Waals surface area contributed by atoms with Crippen LogP contribution >= 0.6 is 0 Å². The average molecular weight is 295 g/mol. The largest absolute Gasteiger partial charge is 0.469 e. The van der Waals surface area contributed by atoms with E-state index in [0.717, 1.165) is 12.8 Å². The number of carbonyl (C=O) groups excluding carboxylic acids is 1. The van der Waals surface area contributed by atoms with Crippen LogP contribution in [0.25, 0.3) is 0 Å². The number of methoxy groups -OCH3 is 1. The average Bonchev–Trinajstić information content (AvgIpc) is 2.51. The lowest BCUT2D eigenvalue weighted by Crippen LogP contribution is -2.37. The molecule has 0 aliphatic carbocycles. The number of nitrogens with one attached hydrogen (secondary N) is 2. The Morgan fingerprint density at radius 1 is 1.29 bits per heavy atom. The van der Waals surface area contributed by atoms with Crippen LogP contribution in [0.1, 0.15) is 24.8 Å². The van der Waals surface area contributed by atoms with Crippen molar-refractivity contribution in [2.24, 2.45) is 4.99 Å². The maximum atomic E-state index is 13.5. The first-order valence-electron chi connectivity index (χ1n) is 6.92. The molecular formula is C15H22FN3O2. The lowest BCUT2D eigenvalue weighted by molar-refractivity contribution is -0.140. The zero-order chi connectivity index (χ0) is 15.5. The first-order valence-corrected chi connectivity index (χ1v) is 6.92. The molecule has 0 unspecified atom stereocenters. The first kappa shape index (κ1) is 16.9. The second-order valence-corrected chi connectivity index (χ2v) is 4.48. The van der Waals surface area contributed by atoms with E-state index in [9.17, 15) is 9.18 Å². The van der Waals surface area contributed by atoms with Crippen LogP contribution < -0.4 is 10.6 Å². The second kappa shape index (κ2) is 9.74. The van der Waals surface area contributed by atoms with Crippen LogP contribution in [0.2, 0.25) is 0 Å². The molecule has 0 atom stereocenters. The third-order valence-corrected chi connectivity index (χ3v) is 2.96. The van der Waals surface area contributed by atoms with E-state index in [0.29, 0.717) is 31.0 Å². The number of rotatable bonds is 7. The number of ether oxygens (including phenoxy) is 1. The Kier molecular flexibility index (Phi) is 7.86. The van der Waals surface area contributed by atoms with Gasteiger partial charge in [-0.3, -0.25) is 9.79 Å². The highest BCUT2D eigenvalue weighted by atomic mass is 19.1. The molecule has 0 heterocycles. The molecule has 0 saturated carbocycles. The first-order chi connectivity index (χ1) is 10.2. The molecular weight excluding hydrogens is 273 g/mol. The SMILES string of the molecule is CN=C(NCCCCC(=O)OC)NCc1ccccc1F. The Balaban J connectivity index is 2.24. The van der Waals surface area contributed by atoms with Crippen LogP contribution in [0, 0.1) is 5.82 Å². The van der Waals surface area contributed by atoms with Crippen molar-refractivity contribution in [1.82, 2.24) is 10.6 Å². The molecule has 21 heavy (non-hydrogen) atoms. The van der Waals surface area contributed by atoms with E-state index in [1.807, 2.05) is 0 Å². The number of halogens is 1. The van der Waals surface area contributed by atoms with Crippen LogP contribution in [0.15, 0.2) is 29.3 Å². The van der Waals surface area contributed by atoms with Crippen LogP contribution in [-0.4, -0.2) is 32.6 Å². The summed E-state index contributed by atoms with van der Waals surface area (Å²) in [6.45, 7) is 1.06. The fourth-order valence-corrected chi connectivity index (χ4v) is 1.74. The van der Waals surface area contributed by atoms with Crippen LogP contribution in [0.4, 0.5) is 4.39 Å². The van der Waals surface area contributed by atoms with E-state index < -0.39 is 0 Å². The van der Waals surface area contributed by atoms with Gasteiger partial charge in [0, 0.05) is 32.1 Å². The van der Waals surface area contributed by atoms with E-state index in [1.54, 1.807) is 25.2 Å².